The van der Waals surface area contributed by atoms with Gasteiger partial charge in [-0.25, -0.2) is 0 Å². The molecule has 1 aromatic rings. The Hall–Kier alpha value is -1.35. The third kappa shape index (κ3) is 5.02. The van der Waals surface area contributed by atoms with Gasteiger partial charge in [-0.2, -0.15) is 0 Å². The maximum absolute atomic E-state index is 13.7. The minimum absolute atomic E-state index is 0.293. The highest BCUT2D eigenvalue weighted by atomic mass is 16.2. The predicted molar refractivity (Wildman–Crippen MR) is 127 cm³/mol. The average molecular weight is 423 g/mol. The zero-order chi connectivity index (χ0) is 21.0. The molecule has 3 nitrogen and oxygen atoms in total. The number of nitrogens with zero attached hydrogens (tertiary/aromatic N) is 1. The van der Waals surface area contributed by atoms with Gasteiger partial charge in [-0.15, -0.1) is 0 Å². The maximum atomic E-state index is 13.7. The topological polar surface area (TPSA) is 32.3 Å². The summed E-state index contributed by atoms with van der Waals surface area (Å²) in [5, 5.41) is 3.66. The number of likely N-dealkylation sites (tertiary alicyclic amines) is 1. The van der Waals surface area contributed by atoms with Gasteiger partial charge in [0.2, 0.25) is 5.91 Å². The van der Waals surface area contributed by atoms with E-state index in [1.54, 1.807) is 0 Å². The molecular formula is C28H42N2O. The average Bonchev–Trinajstić information content (AvgIpc) is 3.37. The van der Waals surface area contributed by atoms with Crippen LogP contribution in [0.15, 0.2) is 30.3 Å². The number of carbonyl (C=O) groups excluding carboxylic acids is 1. The molecule has 1 aliphatic heterocycles. The number of carbonyl (C=O) groups is 1. The van der Waals surface area contributed by atoms with Crippen molar-refractivity contribution in [3.05, 3.63) is 35.9 Å². The molecule has 170 valence electrons. The molecule has 1 heterocycles. The summed E-state index contributed by atoms with van der Waals surface area (Å²) in [6.45, 7) is 3.42. The molecule has 1 amide bonds. The summed E-state index contributed by atoms with van der Waals surface area (Å²) < 4.78 is 0. The van der Waals surface area contributed by atoms with Crippen LogP contribution in [-0.2, 0) is 11.3 Å². The lowest BCUT2D eigenvalue weighted by Gasteiger charge is -2.37. The van der Waals surface area contributed by atoms with Crippen molar-refractivity contribution in [3.63, 3.8) is 0 Å². The van der Waals surface area contributed by atoms with Crippen molar-refractivity contribution in [2.75, 3.05) is 13.1 Å². The third-order valence-electron chi connectivity index (χ3n) is 9.13. The third-order valence-corrected chi connectivity index (χ3v) is 9.13. The van der Waals surface area contributed by atoms with Gasteiger partial charge in [0.25, 0.3) is 0 Å². The number of amides is 1. The van der Waals surface area contributed by atoms with E-state index in [0.29, 0.717) is 35.6 Å². The SMILES string of the molecule is O=C(NC1CC[C@H]2CN(Cc3ccccc3)CC12)C(C1CCCCC1)C1CCCCC1. The van der Waals surface area contributed by atoms with E-state index in [0.717, 1.165) is 19.0 Å². The molecule has 3 aliphatic carbocycles. The smallest absolute Gasteiger partial charge is 0.223 e. The van der Waals surface area contributed by atoms with Crippen LogP contribution in [0.1, 0.15) is 82.6 Å². The van der Waals surface area contributed by atoms with Crippen molar-refractivity contribution in [2.45, 2.75) is 89.6 Å². The first-order valence-corrected chi connectivity index (χ1v) is 13.3. The molecule has 0 aromatic heterocycles. The zero-order valence-electron chi connectivity index (χ0n) is 19.3. The van der Waals surface area contributed by atoms with Crippen molar-refractivity contribution in [3.8, 4) is 0 Å². The van der Waals surface area contributed by atoms with Gasteiger partial charge in [0, 0.05) is 31.6 Å². The second-order valence-corrected chi connectivity index (χ2v) is 11.1. The molecule has 1 saturated heterocycles. The molecule has 2 unspecified atom stereocenters. The Bertz CT molecular complexity index is 689. The van der Waals surface area contributed by atoms with Gasteiger partial charge in [-0.1, -0.05) is 68.9 Å². The van der Waals surface area contributed by atoms with Crippen LogP contribution in [0.25, 0.3) is 0 Å². The molecule has 0 radical (unpaired) electrons. The van der Waals surface area contributed by atoms with Crippen LogP contribution in [0.2, 0.25) is 0 Å². The molecule has 4 aliphatic rings. The number of hydrogen-bond donors (Lipinski definition) is 1. The van der Waals surface area contributed by atoms with Crippen LogP contribution in [0.3, 0.4) is 0 Å². The molecule has 5 rings (SSSR count). The van der Waals surface area contributed by atoms with Gasteiger partial charge in [0.05, 0.1) is 0 Å². The van der Waals surface area contributed by atoms with Gasteiger partial charge >= 0.3 is 0 Å². The number of rotatable bonds is 6. The quantitative estimate of drug-likeness (QED) is 0.629. The first-order valence-electron chi connectivity index (χ1n) is 13.3. The Kier molecular flexibility index (Phi) is 6.98. The molecule has 3 atom stereocenters. The second kappa shape index (κ2) is 10.1. The van der Waals surface area contributed by atoms with Crippen molar-refractivity contribution in [1.29, 1.82) is 0 Å². The summed E-state index contributed by atoms with van der Waals surface area (Å²) >= 11 is 0. The predicted octanol–water partition coefficient (Wildman–Crippen LogP) is 5.79. The van der Waals surface area contributed by atoms with E-state index in [9.17, 15) is 4.79 Å². The number of nitrogens with one attached hydrogen (secondary N) is 1. The lowest BCUT2D eigenvalue weighted by atomic mass is 9.69. The number of benzene rings is 1. The Balaban J connectivity index is 1.22. The number of hydrogen-bond acceptors (Lipinski definition) is 2. The van der Waals surface area contributed by atoms with Crippen molar-refractivity contribution >= 4 is 5.91 Å². The van der Waals surface area contributed by atoms with Crippen LogP contribution >= 0.6 is 0 Å². The van der Waals surface area contributed by atoms with E-state index in [1.807, 2.05) is 0 Å². The second-order valence-electron chi connectivity index (χ2n) is 11.1. The van der Waals surface area contributed by atoms with E-state index in [4.69, 9.17) is 0 Å². The molecule has 1 N–H and O–H groups in total. The van der Waals surface area contributed by atoms with Crippen molar-refractivity contribution < 1.29 is 4.79 Å². The first-order chi connectivity index (χ1) is 15.3. The number of fused-ring (bicyclic) bond motifs is 1. The minimum atomic E-state index is 0.293. The van der Waals surface area contributed by atoms with Gasteiger partial charge < -0.3 is 5.32 Å². The molecule has 0 bridgehead atoms. The fourth-order valence-corrected chi connectivity index (χ4v) is 7.59. The van der Waals surface area contributed by atoms with Crippen molar-refractivity contribution in [1.82, 2.24) is 10.2 Å². The fourth-order valence-electron chi connectivity index (χ4n) is 7.59. The normalized spacial score (nSPS) is 30.5. The Labute approximate surface area is 189 Å². The van der Waals surface area contributed by atoms with E-state index in [2.05, 4.69) is 40.5 Å². The lowest BCUT2D eigenvalue weighted by Crippen LogP contribution is -2.47. The van der Waals surface area contributed by atoms with E-state index in [1.165, 1.54) is 89.2 Å². The Morgan fingerprint density at radius 1 is 0.839 bits per heavy atom. The summed E-state index contributed by atoms with van der Waals surface area (Å²) in [6.07, 6.45) is 15.7. The zero-order valence-corrected chi connectivity index (χ0v) is 19.3. The lowest BCUT2D eigenvalue weighted by molar-refractivity contribution is -0.131. The molecule has 3 heteroatoms. The largest absolute Gasteiger partial charge is 0.353 e. The summed E-state index contributed by atoms with van der Waals surface area (Å²) in [7, 11) is 0. The Morgan fingerprint density at radius 2 is 1.48 bits per heavy atom. The monoisotopic (exact) mass is 422 g/mol. The first kappa shape index (κ1) is 21.5. The standard InChI is InChI=1S/C28H42N2O/c31-28(27(22-12-6-2-7-13-22)23-14-8-3-9-15-23)29-26-17-16-24-19-30(20-25(24)26)18-21-10-4-1-5-11-21/h1,4-5,10-11,22-27H,2-3,6-9,12-20H2,(H,29,31)/t24-,25?,26?/m0/s1. The summed E-state index contributed by atoms with van der Waals surface area (Å²) in [4.78, 5) is 16.4. The fraction of sp³-hybridized carbons (Fsp3) is 0.750. The van der Waals surface area contributed by atoms with Gasteiger partial charge in [0.1, 0.15) is 0 Å². The maximum Gasteiger partial charge on any atom is 0.223 e. The van der Waals surface area contributed by atoms with Crippen molar-refractivity contribution in [2.24, 2.45) is 29.6 Å². The molecule has 1 aromatic carbocycles. The molecule has 3 saturated carbocycles. The molecule has 0 spiro atoms. The van der Waals surface area contributed by atoms with Gasteiger partial charge in [-0.05, 0) is 67.8 Å². The van der Waals surface area contributed by atoms with E-state index < -0.39 is 0 Å². The summed E-state index contributed by atoms with van der Waals surface area (Å²) in [6, 6.07) is 11.3. The van der Waals surface area contributed by atoms with Crippen LogP contribution in [0, 0.1) is 29.6 Å². The highest BCUT2D eigenvalue weighted by Crippen LogP contribution is 2.42. The Morgan fingerprint density at radius 3 is 2.13 bits per heavy atom. The molecule has 31 heavy (non-hydrogen) atoms. The van der Waals surface area contributed by atoms with Gasteiger partial charge in [0.15, 0.2) is 0 Å². The van der Waals surface area contributed by atoms with E-state index in [-0.39, 0.29) is 0 Å². The van der Waals surface area contributed by atoms with E-state index >= 15 is 0 Å². The van der Waals surface area contributed by atoms with Crippen LogP contribution in [-0.4, -0.2) is 29.9 Å². The highest BCUT2D eigenvalue weighted by Gasteiger charge is 2.44. The van der Waals surface area contributed by atoms with Crippen LogP contribution < -0.4 is 5.32 Å². The minimum Gasteiger partial charge on any atom is -0.353 e. The molecule has 4 fully saturated rings. The molecular weight excluding hydrogens is 380 g/mol. The van der Waals surface area contributed by atoms with Crippen LogP contribution in [0.5, 0.6) is 0 Å². The highest BCUT2D eigenvalue weighted by molar-refractivity contribution is 5.79. The summed E-state index contributed by atoms with van der Waals surface area (Å²) in [5.74, 6) is 3.45. The van der Waals surface area contributed by atoms with Crippen LogP contribution in [0.4, 0.5) is 0 Å². The van der Waals surface area contributed by atoms with Gasteiger partial charge in [-0.3, -0.25) is 9.69 Å². The summed E-state index contributed by atoms with van der Waals surface area (Å²) in [5.41, 5.74) is 1.41.